The van der Waals surface area contributed by atoms with E-state index in [0.717, 1.165) is 11.3 Å². The third-order valence-electron chi connectivity index (χ3n) is 2.36. The molecule has 1 aromatic heterocycles. The van der Waals surface area contributed by atoms with E-state index in [4.69, 9.17) is 17.3 Å². The molecule has 0 bridgehead atoms. The maximum atomic E-state index is 5.81. The molecule has 2 aromatic rings. The van der Waals surface area contributed by atoms with Crippen molar-refractivity contribution in [1.29, 1.82) is 0 Å². The average molecular weight is 222 g/mol. The molecule has 1 heterocycles. The minimum atomic E-state index is 0.561. The molecule has 0 unspecified atom stereocenters. The lowest BCUT2D eigenvalue weighted by Gasteiger charge is -2.06. The second kappa shape index (κ2) is 4.04. The molecule has 0 spiro atoms. The monoisotopic (exact) mass is 221 g/mol. The Hall–Kier alpha value is -1.32. The summed E-state index contributed by atoms with van der Waals surface area (Å²) >= 11 is 5.81. The van der Waals surface area contributed by atoms with E-state index in [1.807, 2.05) is 25.1 Å². The molecule has 0 amide bonds. The van der Waals surface area contributed by atoms with Crippen molar-refractivity contribution < 1.29 is 0 Å². The summed E-state index contributed by atoms with van der Waals surface area (Å²) in [4.78, 5) is 0. The lowest BCUT2D eigenvalue weighted by molar-refractivity contribution is 0.876. The minimum Gasteiger partial charge on any atom is -0.326 e. The van der Waals surface area contributed by atoms with Gasteiger partial charge in [-0.1, -0.05) is 17.7 Å². The van der Waals surface area contributed by atoms with E-state index in [1.165, 1.54) is 5.56 Å². The molecular weight excluding hydrogens is 210 g/mol. The summed E-state index contributed by atoms with van der Waals surface area (Å²) in [5.41, 5.74) is 8.92. The highest BCUT2D eigenvalue weighted by molar-refractivity contribution is 6.30. The number of aromatic nitrogens is 2. The fourth-order valence-corrected chi connectivity index (χ4v) is 1.63. The van der Waals surface area contributed by atoms with Gasteiger partial charge in [0.15, 0.2) is 0 Å². The first-order valence-corrected chi connectivity index (χ1v) is 5.08. The van der Waals surface area contributed by atoms with Crippen LogP contribution in [0.4, 0.5) is 0 Å². The molecule has 3 nitrogen and oxygen atoms in total. The van der Waals surface area contributed by atoms with Crippen LogP contribution in [-0.4, -0.2) is 9.78 Å². The number of hydrogen-bond acceptors (Lipinski definition) is 2. The highest BCUT2D eigenvalue weighted by Gasteiger charge is 2.01. The zero-order chi connectivity index (χ0) is 10.8. The quantitative estimate of drug-likeness (QED) is 0.846. The predicted octanol–water partition coefficient (Wildman–Crippen LogP) is 2.29. The van der Waals surface area contributed by atoms with Crippen LogP contribution in [-0.2, 0) is 6.54 Å². The van der Waals surface area contributed by atoms with Crippen molar-refractivity contribution in [3.8, 4) is 5.69 Å². The molecule has 0 aliphatic rings. The first kappa shape index (κ1) is 10.2. The van der Waals surface area contributed by atoms with Gasteiger partial charge in [-0.15, -0.1) is 0 Å². The van der Waals surface area contributed by atoms with E-state index in [2.05, 4.69) is 5.10 Å². The van der Waals surface area contributed by atoms with E-state index < -0.39 is 0 Å². The largest absolute Gasteiger partial charge is 0.326 e. The SMILES string of the molecule is Cc1cc(-n2cc(Cl)cn2)ccc1CN. The Morgan fingerprint density at radius 2 is 2.27 bits per heavy atom. The lowest BCUT2D eigenvalue weighted by Crippen LogP contribution is -2.01. The molecule has 2 rings (SSSR count). The van der Waals surface area contributed by atoms with E-state index in [-0.39, 0.29) is 0 Å². The van der Waals surface area contributed by atoms with Crippen molar-refractivity contribution >= 4 is 11.6 Å². The molecule has 78 valence electrons. The zero-order valence-electron chi connectivity index (χ0n) is 8.44. The van der Waals surface area contributed by atoms with Crippen molar-refractivity contribution in [1.82, 2.24) is 9.78 Å². The molecule has 0 aliphatic carbocycles. The average Bonchev–Trinajstić information content (AvgIpc) is 2.65. The van der Waals surface area contributed by atoms with Gasteiger partial charge in [-0.25, -0.2) is 4.68 Å². The Labute approximate surface area is 93.5 Å². The van der Waals surface area contributed by atoms with E-state index >= 15 is 0 Å². The Bertz CT molecular complexity index is 476. The number of benzene rings is 1. The number of nitrogens with two attached hydrogens (primary N) is 1. The van der Waals surface area contributed by atoms with Crippen LogP contribution in [0.3, 0.4) is 0 Å². The highest BCUT2D eigenvalue weighted by Crippen LogP contribution is 2.15. The van der Waals surface area contributed by atoms with Gasteiger partial charge in [0.25, 0.3) is 0 Å². The van der Waals surface area contributed by atoms with Gasteiger partial charge in [0.1, 0.15) is 0 Å². The summed E-state index contributed by atoms with van der Waals surface area (Å²) in [6.45, 7) is 2.60. The molecule has 15 heavy (non-hydrogen) atoms. The predicted molar refractivity (Wildman–Crippen MR) is 61.2 cm³/mol. The van der Waals surface area contributed by atoms with Crippen LogP contribution >= 0.6 is 11.6 Å². The van der Waals surface area contributed by atoms with Crippen molar-refractivity contribution in [2.45, 2.75) is 13.5 Å². The number of hydrogen-bond donors (Lipinski definition) is 1. The van der Waals surface area contributed by atoms with Gasteiger partial charge in [0, 0.05) is 12.7 Å². The molecule has 0 saturated carbocycles. The van der Waals surface area contributed by atoms with Gasteiger partial charge in [0.05, 0.1) is 16.9 Å². The first-order chi connectivity index (χ1) is 7.20. The van der Waals surface area contributed by atoms with Gasteiger partial charge in [-0.2, -0.15) is 5.10 Å². The topological polar surface area (TPSA) is 43.8 Å². The van der Waals surface area contributed by atoms with Crippen LogP contribution in [0.5, 0.6) is 0 Å². The van der Waals surface area contributed by atoms with Crippen molar-refractivity contribution in [2.24, 2.45) is 5.73 Å². The van der Waals surface area contributed by atoms with Crippen LogP contribution in [0.2, 0.25) is 5.02 Å². The second-order valence-electron chi connectivity index (χ2n) is 3.42. The number of halogens is 1. The van der Waals surface area contributed by atoms with E-state index in [0.29, 0.717) is 11.6 Å². The zero-order valence-corrected chi connectivity index (χ0v) is 9.20. The number of aryl methyl sites for hydroxylation is 1. The van der Waals surface area contributed by atoms with Crippen molar-refractivity contribution in [3.05, 3.63) is 46.7 Å². The molecule has 0 saturated heterocycles. The Morgan fingerprint density at radius 3 is 2.80 bits per heavy atom. The summed E-state index contributed by atoms with van der Waals surface area (Å²) in [6, 6.07) is 6.05. The third-order valence-corrected chi connectivity index (χ3v) is 2.56. The summed E-state index contributed by atoms with van der Waals surface area (Å²) in [5.74, 6) is 0. The lowest BCUT2D eigenvalue weighted by atomic mass is 10.1. The Kier molecular flexibility index (Phi) is 2.75. The number of nitrogens with zero attached hydrogens (tertiary/aromatic N) is 2. The smallest absolute Gasteiger partial charge is 0.0790 e. The Morgan fingerprint density at radius 1 is 1.47 bits per heavy atom. The van der Waals surface area contributed by atoms with Gasteiger partial charge in [0.2, 0.25) is 0 Å². The van der Waals surface area contributed by atoms with Crippen molar-refractivity contribution in [3.63, 3.8) is 0 Å². The van der Waals surface area contributed by atoms with Gasteiger partial charge < -0.3 is 5.73 Å². The molecule has 4 heteroatoms. The fourth-order valence-electron chi connectivity index (χ4n) is 1.49. The maximum absolute atomic E-state index is 5.81. The second-order valence-corrected chi connectivity index (χ2v) is 3.85. The van der Waals surface area contributed by atoms with E-state index in [1.54, 1.807) is 17.1 Å². The standard InChI is InChI=1S/C11H12ClN3/c1-8-4-11(3-2-9(8)5-13)15-7-10(12)6-14-15/h2-4,6-7H,5,13H2,1H3. The number of rotatable bonds is 2. The fraction of sp³-hybridized carbons (Fsp3) is 0.182. The molecule has 0 radical (unpaired) electrons. The molecule has 0 atom stereocenters. The van der Waals surface area contributed by atoms with Gasteiger partial charge >= 0.3 is 0 Å². The molecule has 1 aromatic carbocycles. The molecule has 2 N–H and O–H groups in total. The van der Waals surface area contributed by atoms with Gasteiger partial charge in [-0.05, 0) is 30.2 Å². The summed E-state index contributed by atoms with van der Waals surface area (Å²) < 4.78 is 1.75. The van der Waals surface area contributed by atoms with Crippen LogP contribution < -0.4 is 5.73 Å². The maximum Gasteiger partial charge on any atom is 0.0790 e. The summed E-state index contributed by atoms with van der Waals surface area (Å²) in [6.07, 6.45) is 3.40. The third kappa shape index (κ3) is 2.03. The molecule has 0 aliphatic heterocycles. The van der Waals surface area contributed by atoms with Crippen LogP contribution in [0, 0.1) is 6.92 Å². The summed E-state index contributed by atoms with van der Waals surface area (Å²) in [5, 5.41) is 4.77. The normalized spacial score (nSPS) is 10.6. The van der Waals surface area contributed by atoms with Crippen LogP contribution in [0.15, 0.2) is 30.6 Å². The highest BCUT2D eigenvalue weighted by atomic mass is 35.5. The minimum absolute atomic E-state index is 0.561. The Balaban J connectivity index is 2.42. The van der Waals surface area contributed by atoms with Gasteiger partial charge in [-0.3, -0.25) is 0 Å². The summed E-state index contributed by atoms with van der Waals surface area (Å²) in [7, 11) is 0. The van der Waals surface area contributed by atoms with Crippen LogP contribution in [0.25, 0.3) is 5.69 Å². The van der Waals surface area contributed by atoms with E-state index in [9.17, 15) is 0 Å². The van der Waals surface area contributed by atoms with Crippen molar-refractivity contribution in [2.75, 3.05) is 0 Å². The first-order valence-electron chi connectivity index (χ1n) is 4.71. The van der Waals surface area contributed by atoms with Crippen LogP contribution in [0.1, 0.15) is 11.1 Å². The molecular formula is C11H12ClN3. The molecule has 0 fully saturated rings.